The highest BCUT2D eigenvalue weighted by atomic mass is 32.2. The van der Waals surface area contributed by atoms with E-state index in [9.17, 15) is 0 Å². The van der Waals surface area contributed by atoms with Crippen molar-refractivity contribution < 1.29 is 0 Å². The second-order valence-electron chi connectivity index (χ2n) is 5.53. The summed E-state index contributed by atoms with van der Waals surface area (Å²) in [4.78, 5) is 8.15. The Morgan fingerprint density at radius 1 is 1.36 bits per heavy atom. The van der Waals surface area contributed by atoms with Crippen LogP contribution in [0.2, 0.25) is 0 Å². The van der Waals surface area contributed by atoms with Crippen LogP contribution < -0.4 is 10.2 Å². The summed E-state index contributed by atoms with van der Waals surface area (Å²) in [5.74, 6) is 0. The fourth-order valence-electron chi connectivity index (χ4n) is 2.94. The maximum Gasteiger partial charge on any atom is 0.168 e. The van der Waals surface area contributed by atoms with Crippen LogP contribution in [-0.4, -0.2) is 28.0 Å². The Morgan fingerprint density at radius 2 is 2.27 bits per heavy atom. The summed E-state index contributed by atoms with van der Waals surface area (Å²) in [7, 11) is 0. The molecule has 0 radical (unpaired) electrons. The number of aliphatic imine (C=N–C) groups is 1. The molecule has 4 rings (SSSR count). The quantitative estimate of drug-likeness (QED) is 0.942. The van der Waals surface area contributed by atoms with E-state index < -0.39 is 0 Å². The van der Waals surface area contributed by atoms with E-state index in [4.69, 9.17) is 0 Å². The van der Waals surface area contributed by atoms with Crippen molar-refractivity contribution in [1.82, 2.24) is 9.78 Å². The zero-order chi connectivity index (χ0) is 15.1. The molecule has 5 nitrogen and oxygen atoms in total. The highest BCUT2D eigenvalue weighted by Gasteiger charge is 2.29. The van der Waals surface area contributed by atoms with E-state index >= 15 is 0 Å². The first-order valence-electron chi connectivity index (χ1n) is 7.65. The Labute approximate surface area is 134 Å². The average molecular weight is 313 g/mol. The fourth-order valence-corrected chi connectivity index (χ4v) is 4.00. The van der Waals surface area contributed by atoms with Gasteiger partial charge < -0.3 is 10.2 Å². The Morgan fingerprint density at radius 3 is 3.09 bits per heavy atom. The first-order chi connectivity index (χ1) is 10.8. The van der Waals surface area contributed by atoms with Crippen molar-refractivity contribution >= 4 is 28.3 Å². The lowest BCUT2D eigenvalue weighted by Crippen LogP contribution is -2.20. The molecule has 0 spiro atoms. The molecule has 1 aromatic carbocycles. The van der Waals surface area contributed by atoms with Crippen LogP contribution >= 0.6 is 11.8 Å². The van der Waals surface area contributed by atoms with Crippen molar-refractivity contribution in [3.63, 3.8) is 0 Å². The van der Waals surface area contributed by atoms with Crippen molar-refractivity contribution in [3.05, 3.63) is 35.7 Å². The van der Waals surface area contributed by atoms with E-state index in [1.807, 2.05) is 10.9 Å². The molecule has 3 heterocycles. The minimum atomic E-state index is 0.804. The van der Waals surface area contributed by atoms with E-state index in [1.54, 1.807) is 11.8 Å². The summed E-state index contributed by atoms with van der Waals surface area (Å²) >= 11 is 1.77. The zero-order valence-electron chi connectivity index (χ0n) is 12.8. The number of fused-ring (bicyclic) bond motifs is 3. The molecule has 0 atom stereocenters. The highest BCUT2D eigenvalue weighted by Crippen LogP contribution is 2.43. The predicted molar refractivity (Wildman–Crippen MR) is 91.9 cm³/mol. The number of aryl methyl sites for hydroxylation is 1. The van der Waals surface area contributed by atoms with E-state index in [-0.39, 0.29) is 0 Å². The third-order valence-corrected chi connectivity index (χ3v) is 5.34. The topological polar surface area (TPSA) is 45.5 Å². The summed E-state index contributed by atoms with van der Waals surface area (Å²) < 4.78 is 2.03. The van der Waals surface area contributed by atoms with Gasteiger partial charge in [-0.2, -0.15) is 5.10 Å². The fraction of sp³-hybridized carbons (Fsp3) is 0.375. The molecule has 0 unspecified atom stereocenters. The maximum absolute atomic E-state index is 4.53. The summed E-state index contributed by atoms with van der Waals surface area (Å²) in [5, 5.41) is 9.06. The van der Waals surface area contributed by atoms with Gasteiger partial charge in [-0.15, -0.1) is 0 Å². The minimum absolute atomic E-state index is 0.804. The molecular formula is C16H19N5S. The SMILES string of the molecule is CCn1ncc(CNc2ccc3c(c2)N2CCN=C2S3)c1C. The number of benzene rings is 1. The molecule has 0 fully saturated rings. The molecule has 0 saturated carbocycles. The van der Waals surface area contributed by atoms with Crippen molar-refractivity contribution in [1.29, 1.82) is 0 Å². The summed E-state index contributed by atoms with van der Waals surface area (Å²) in [5.41, 5.74) is 4.92. The number of nitrogens with zero attached hydrogens (tertiary/aromatic N) is 4. The molecule has 6 heteroatoms. The molecule has 1 N–H and O–H groups in total. The largest absolute Gasteiger partial charge is 0.381 e. The monoisotopic (exact) mass is 313 g/mol. The maximum atomic E-state index is 4.53. The van der Waals surface area contributed by atoms with Crippen LogP contribution in [0.5, 0.6) is 0 Å². The van der Waals surface area contributed by atoms with Crippen LogP contribution in [0.3, 0.4) is 0 Å². The number of aromatic nitrogens is 2. The Bertz CT molecular complexity index is 749. The average Bonchev–Trinajstić information content (AvgIpc) is 3.19. The Hall–Kier alpha value is -1.95. The number of rotatable bonds is 4. The molecule has 0 amide bonds. The van der Waals surface area contributed by atoms with Crippen molar-refractivity contribution in [2.24, 2.45) is 4.99 Å². The molecule has 114 valence electrons. The lowest BCUT2D eigenvalue weighted by molar-refractivity contribution is 0.638. The number of amidine groups is 1. The second-order valence-corrected chi connectivity index (χ2v) is 6.53. The normalized spacial score (nSPS) is 15.7. The first-order valence-corrected chi connectivity index (χ1v) is 8.47. The van der Waals surface area contributed by atoms with Gasteiger partial charge in [-0.1, -0.05) is 0 Å². The van der Waals surface area contributed by atoms with Crippen LogP contribution in [0.15, 0.2) is 34.3 Å². The predicted octanol–water partition coefficient (Wildman–Crippen LogP) is 3.11. The Kier molecular flexibility index (Phi) is 3.33. The number of anilines is 2. The number of hydrogen-bond acceptors (Lipinski definition) is 5. The first kappa shape index (κ1) is 13.7. The van der Waals surface area contributed by atoms with Gasteiger partial charge in [0.1, 0.15) is 0 Å². The molecule has 0 saturated heterocycles. The van der Waals surface area contributed by atoms with Gasteiger partial charge in [-0.25, -0.2) is 0 Å². The van der Waals surface area contributed by atoms with Gasteiger partial charge in [-0.05, 0) is 43.8 Å². The van der Waals surface area contributed by atoms with Gasteiger partial charge >= 0.3 is 0 Å². The molecule has 22 heavy (non-hydrogen) atoms. The standard InChI is InChI=1S/C16H19N5S/c1-3-21-11(2)12(10-19-21)9-18-13-4-5-15-14(8-13)20-7-6-17-16(20)22-15/h4-5,8,10,18H,3,6-7,9H2,1-2H3. The van der Waals surface area contributed by atoms with Crippen molar-refractivity contribution in [3.8, 4) is 0 Å². The van der Waals surface area contributed by atoms with Gasteiger partial charge in [0.15, 0.2) is 5.17 Å². The van der Waals surface area contributed by atoms with Crippen molar-refractivity contribution in [2.45, 2.75) is 31.8 Å². The van der Waals surface area contributed by atoms with Gasteiger partial charge in [-0.3, -0.25) is 9.67 Å². The molecular weight excluding hydrogens is 294 g/mol. The summed E-state index contributed by atoms with van der Waals surface area (Å²) in [6.07, 6.45) is 1.96. The lowest BCUT2D eigenvalue weighted by Gasteiger charge is -2.14. The summed E-state index contributed by atoms with van der Waals surface area (Å²) in [6.45, 7) is 7.87. The molecule has 2 aliphatic heterocycles. The van der Waals surface area contributed by atoms with Crippen molar-refractivity contribution in [2.75, 3.05) is 23.3 Å². The molecule has 2 aromatic rings. The van der Waals surface area contributed by atoms with Gasteiger partial charge in [0.25, 0.3) is 0 Å². The van der Waals surface area contributed by atoms with Crippen LogP contribution in [-0.2, 0) is 13.1 Å². The van der Waals surface area contributed by atoms with Gasteiger partial charge in [0, 0.05) is 41.5 Å². The number of hydrogen-bond donors (Lipinski definition) is 1. The van der Waals surface area contributed by atoms with Crippen LogP contribution in [0.1, 0.15) is 18.2 Å². The third kappa shape index (κ3) is 2.18. The van der Waals surface area contributed by atoms with E-state index in [2.05, 4.69) is 52.4 Å². The van der Waals surface area contributed by atoms with Crippen LogP contribution in [0.25, 0.3) is 0 Å². The molecule has 2 aliphatic rings. The van der Waals surface area contributed by atoms with Gasteiger partial charge in [0.2, 0.25) is 0 Å². The highest BCUT2D eigenvalue weighted by molar-refractivity contribution is 8.14. The minimum Gasteiger partial charge on any atom is -0.381 e. The van der Waals surface area contributed by atoms with E-state index in [1.165, 1.54) is 21.8 Å². The second kappa shape index (κ2) is 5.35. The Balaban J connectivity index is 1.51. The van der Waals surface area contributed by atoms with Gasteiger partial charge in [0.05, 0.1) is 18.4 Å². The molecule has 0 bridgehead atoms. The third-order valence-electron chi connectivity index (χ3n) is 4.24. The zero-order valence-corrected chi connectivity index (χ0v) is 13.7. The number of thioether (sulfide) groups is 1. The number of nitrogens with one attached hydrogen (secondary N) is 1. The smallest absolute Gasteiger partial charge is 0.168 e. The van der Waals surface area contributed by atoms with Crippen LogP contribution in [0.4, 0.5) is 11.4 Å². The van der Waals surface area contributed by atoms with E-state index in [0.717, 1.165) is 37.0 Å². The van der Waals surface area contributed by atoms with E-state index in [0.29, 0.717) is 0 Å². The molecule has 0 aliphatic carbocycles. The lowest BCUT2D eigenvalue weighted by atomic mass is 10.2. The van der Waals surface area contributed by atoms with Crippen LogP contribution in [0, 0.1) is 6.92 Å². The summed E-state index contributed by atoms with van der Waals surface area (Å²) in [6, 6.07) is 6.56. The molecule has 1 aromatic heterocycles.